The van der Waals surface area contributed by atoms with Crippen molar-refractivity contribution in [1.29, 1.82) is 0 Å². The van der Waals surface area contributed by atoms with Crippen molar-refractivity contribution in [3.63, 3.8) is 0 Å². The third-order valence-corrected chi connectivity index (χ3v) is 2.96. The molecule has 81 valence electrons. The molecule has 0 saturated carbocycles. The van der Waals surface area contributed by atoms with E-state index in [1.165, 1.54) is 11.1 Å². The topological polar surface area (TPSA) is 36.0 Å². The predicted octanol–water partition coefficient (Wildman–Crippen LogP) is 2.07. The lowest BCUT2D eigenvalue weighted by atomic mass is 9.88. The molecule has 2 N–H and O–H groups in total. The molecule has 3 aromatic rings. The Morgan fingerprint density at radius 3 is 2.53 bits per heavy atom. The third kappa shape index (κ3) is 1.75. The lowest BCUT2D eigenvalue weighted by molar-refractivity contribution is 0.616. The van der Waals surface area contributed by atoms with Gasteiger partial charge < -0.3 is 10.0 Å². The Morgan fingerprint density at radius 2 is 1.76 bits per heavy atom. The van der Waals surface area contributed by atoms with Crippen LogP contribution in [0.25, 0.3) is 22.0 Å². The van der Waals surface area contributed by atoms with Gasteiger partial charge in [-0.05, 0) is 34.2 Å². The number of hydrogen-bond donors (Lipinski definition) is 2. The first-order valence-electron chi connectivity index (χ1n) is 5.52. The van der Waals surface area contributed by atoms with Crippen molar-refractivity contribution in [2.45, 2.75) is 0 Å². The van der Waals surface area contributed by atoms with E-state index >= 15 is 0 Å². The van der Waals surface area contributed by atoms with Crippen LogP contribution in [0, 0.1) is 0 Å². The van der Waals surface area contributed by atoms with Gasteiger partial charge in [-0.25, -0.2) is 0 Å². The fourth-order valence-electron chi connectivity index (χ4n) is 2.07. The number of hydrogen-bond acceptors (Lipinski definition) is 1. The second-order valence-electron chi connectivity index (χ2n) is 4.00. The van der Waals surface area contributed by atoms with Crippen molar-refractivity contribution in [3.8, 4) is 11.1 Å². The molecule has 0 fully saturated rings. The van der Waals surface area contributed by atoms with E-state index in [-0.39, 0.29) is 0 Å². The van der Waals surface area contributed by atoms with Crippen LogP contribution in [0.5, 0.6) is 0 Å². The monoisotopic (exact) mass is 220 g/mol. The summed E-state index contributed by atoms with van der Waals surface area (Å²) in [5.74, 6) is 0. The standard InChI is InChI=1S/C14H11BNO/c17-15-13-9-16-14-8-11(6-7-12(13)14)10-4-2-1-3-5-10/h1-9,16-17H. The van der Waals surface area contributed by atoms with Gasteiger partial charge in [0.2, 0.25) is 0 Å². The van der Waals surface area contributed by atoms with Crippen LogP contribution in [-0.4, -0.2) is 17.5 Å². The van der Waals surface area contributed by atoms with Gasteiger partial charge in [-0.3, -0.25) is 0 Å². The van der Waals surface area contributed by atoms with E-state index in [1.54, 1.807) is 6.20 Å². The summed E-state index contributed by atoms with van der Waals surface area (Å²) in [6.07, 6.45) is 1.80. The maximum atomic E-state index is 9.07. The lowest BCUT2D eigenvalue weighted by Gasteiger charge is -2.01. The molecule has 0 atom stereocenters. The Kier molecular flexibility index (Phi) is 2.46. The molecule has 1 aromatic heterocycles. The van der Waals surface area contributed by atoms with Gasteiger partial charge in [-0.15, -0.1) is 0 Å². The highest BCUT2D eigenvalue weighted by molar-refractivity contribution is 6.50. The minimum absolute atomic E-state index is 0.819. The summed E-state index contributed by atoms with van der Waals surface area (Å²) in [4.78, 5) is 3.16. The largest absolute Gasteiger partial charge is 0.450 e. The smallest absolute Gasteiger partial charge is 0.328 e. The fourth-order valence-corrected chi connectivity index (χ4v) is 2.07. The number of nitrogens with one attached hydrogen (secondary N) is 1. The summed E-state index contributed by atoms with van der Waals surface area (Å²) in [6, 6.07) is 16.4. The molecule has 0 amide bonds. The first-order valence-corrected chi connectivity index (χ1v) is 5.52. The molecule has 0 aliphatic heterocycles. The molecule has 0 aliphatic rings. The minimum Gasteiger partial charge on any atom is -0.450 e. The maximum Gasteiger partial charge on any atom is 0.328 e. The molecule has 1 radical (unpaired) electrons. The molecular formula is C14H11BNO. The fraction of sp³-hybridized carbons (Fsp3) is 0. The van der Waals surface area contributed by atoms with Crippen LogP contribution in [0.1, 0.15) is 0 Å². The van der Waals surface area contributed by atoms with Gasteiger partial charge in [0.1, 0.15) is 0 Å². The molecule has 1 heterocycles. The summed E-state index contributed by atoms with van der Waals surface area (Å²) in [6.45, 7) is 0. The van der Waals surface area contributed by atoms with Crippen LogP contribution in [-0.2, 0) is 0 Å². The maximum absolute atomic E-state index is 9.07. The first kappa shape index (κ1) is 10.2. The van der Waals surface area contributed by atoms with Crippen molar-refractivity contribution in [1.82, 2.24) is 4.98 Å². The lowest BCUT2D eigenvalue weighted by Crippen LogP contribution is -2.10. The van der Waals surface area contributed by atoms with Gasteiger partial charge >= 0.3 is 7.48 Å². The van der Waals surface area contributed by atoms with E-state index in [0.717, 1.165) is 23.8 Å². The SMILES string of the molecule is O[B]c1c[nH]c2cc(-c3ccccc3)ccc12. The van der Waals surface area contributed by atoms with E-state index < -0.39 is 0 Å². The molecule has 3 heteroatoms. The van der Waals surface area contributed by atoms with E-state index in [9.17, 15) is 0 Å². The van der Waals surface area contributed by atoms with Crippen LogP contribution >= 0.6 is 0 Å². The second kappa shape index (κ2) is 4.11. The molecule has 17 heavy (non-hydrogen) atoms. The van der Waals surface area contributed by atoms with E-state index in [2.05, 4.69) is 29.2 Å². The second-order valence-corrected chi connectivity index (χ2v) is 4.00. The van der Waals surface area contributed by atoms with E-state index in [4.69, 9.17) is 5.02 Å². The van der Waals surface area contributed by atoms with Gasteiger partial charge in [0.15, 0.2) is 0 Å². The number of fused-ring (bicyclic) bond motifs is 1. The van der Waals surface area contributed by atoms with Gasteiger partial charge in [0.25, 0.3) is 0 Å². The van der Waals surface area contributed by atoms with Crippen LogP contribution in [0.4, 0.5) is 0 Å². The number of rotatable bonds is 2. The van der Waals surface area contributed by atoms with Crippen molar-refractivity contribution in [2.24, 2.45) is 0 Å². The quantitative estimate of drug-likeness (QED) is 0.637. The van der Waals surface area contributed by atoms with Gasteiger partial charge in [0, 0.05) is 5.52 Å². The zero-order chi connectivity index (χ0) is 11.7. The highest BCUT2D eigenvalue weighted by atomic mass is 16.2. The van der Waals surface area contributed by atoms with Crippen molar-refractivity contribution in [3.05, 3.63) is 54.7 Å². The molecule has 0 saturated heterocycles. The van der Waals surface area contributed by atoms with E-state index in [0.29, 0.717) is 0 Å². The molecule has 0 bridgehead atoms. The molecule has 0 unspecified atom stereocenters. The van der Waals surface area contributed by atoms with Crippen molar-refractivity contribution in [2.75, 3.05) is 0 Å². The molecule has 2 aromatic carbocycles. The highest BCUT2D eigenvalue weighted by Gasteiger charge is 2.05. The number of aromatic amines is 1. The molecule has 0 aliphatic carbocycles. The minimum atomic E-state index is 0.819. The predicted molar refractivity (Wildman–Crippen MR) is 71.3 cm³/mol. The van der Waals surface area contributed by atoms with Crippen molar-refractivity contribution >= 4 is 23.8 Å². The normalized spacial score (nSPS) is 10.6. The van der Waals surface area contributed by atoms with Gasteiger partial charge in [0.05, 0.1) is 0 Å². The third-order valence-electron chi connectivity index (χ3n) is 2.96. The summed E-state index contributed by atoms with van der Waals surface area (Å²) < 4.78 is 0. The summed E-state index contributed by atoms with van der Waals surface area (Å²) in [5.41, 5.74) is 4.22. The number of benzene rings is 2. The van der Waals surface area contributed by atoms with Crippen molar-refractivity contribution < 1.29 is 5.02 Å². The van der Waals surface area contributed by atoms with E-state index in [1.807, 2.05) is 24.3 Å². The Hall–Kier alpha value is -2.00. The molecule has 3 rings (SSSR count). The summed E-state index contributed by atoms with van der Waals surface area (Å²) in [7, 11) is 1.13. The Labute approximate surface area is 100 Å². The van der Waals surface area contributed by atoms with Gasteiger partial charge in [-0.1, -0.05) is 42.5 Å². The van der Waals surface area contributed by atoms with Crippen LogP contribution in [0.3, 0.4) is 0 Å². The zero-order valence-electron chi connectivity index (χ0n) is 9.22. The van der Waals surface area contributed by atoms with Crippen LogP contribution in [0.2, 0.25) is 0 Å². The highest BCUT2D eigenvalue weighted by Crippen LogP contribution is 2.22. The Balaban J connectivity index is 2.15. The van der Waals surface area contributed by atoms with Gasteiger partial charge in [-0.2, -0.15) is 0 Å². The average molecular weight is 220 g/mol. The molecular weight excluding hydrogens is 209 g/mol. The Morgan fingerprint density at radius 1 is 0.941 bits per heavy atom. The average Bonchev–Trinajstić information content (AvgIpc) is 2.81. The first-order chi connectivity index (χ1) is 8.38. The molecule has 0 spiro atoms. The summed E-state index contributed by atoms with van der Waals surface area (Å²) >= 11 is 0. The summed E-state index contributed by atoms with van der Waals surface area (Å²) in [5, 5.41) is 10.1. The number of H-pyrrole nitrogens is 1. The zero-order valence-corrected chi connectivity index (χ0v) is 9.22. The number of aromatic nitrogens is 1. The molecule has 2 nitrogen and oxygen atoms in total. The van der Waals surface area contributed by atoms with Crippen LogP contribution in [0.15, 0.2) is 54.7 Å². The van der Waals surface area contributed by atoms with Crippen LogP contribution < -0.4 is 5.46 Å². The Bertz CT molecular complexity index is 646.